The van der Waals surface area contributed by atoms with Crippen molar-refractivity contribution in [1.82, 2.24) is 4.31 Å². The number of carbonyl (C=O) groups is 1. The molecule has 0 aliphatic rings. The van der Waals surface area contributed by atoms with Crippen molar-refractivity contribution in [1.29, 1.82) is 0 Å². The molecule has 0 aromatic heterocycles. The second-order valence-electron chi connectivity index (χ2n) is 5.28. The van der Waals surface area contributed by atoms with Crippen LogP contribution in [0.3, 0.4) is 0 Å². The standard InChI is InChI=1S/C17H18FNO4S/c18-15-8-10-16(11-9-15)24(22,23)19(12-4-7-17(20)21)13-14-5-2-1-3-6-14/h1-3,5-6,8-11H,4,7,12-13H2,(H,20,21). The monoisotopic (exact) mass is 351 g/mol. The van der Waals surface area contributed by atoms with Crippen LogP contribution in [0.4, 0.5) is 4.39 Å². The lowest BCUT2D eigenvalue weighted by atomic mass is 10.2. The zero-order chi connectivity index (χ0) is 17.6. The Kier molecular flexibility index (Phi) is 6.05. The Morgan fingerprint density at radius 3 is 2.25 bits per heavy atom. The van der Waals surface area contributed by atoms with E-state index in [-0.39, 0.29) is 30.8 Å². The van der Waals surface area contributed by atoms with Crippen LogP contribution in [-0.2, 0) is 21.4 Å². The van der Waals surface area contributed by atoms with E-state index >= 15 is 0 Å². The van der Waals surface area contributed by atoms with Crippen molar-refractivity contribution in [2.24, 2.45) is 0 Å². The molecule has 0 saturated heterocycles. The van der Waals surface area contributed by atoms with Gasteiger partial charge in [0.2, 0.25) is 10.0 Å². The predicted octanol–water partition coefficient (Wildman–Crippen LogP) is 2.88. The maximum Gasteiger partial charge on any atom is 0.303 e. The summed E-state index contributed by atoms with van der Waals surface area (Å²) in [5.74, 6) is -1.50. The molecule has 128 valence electrons. The molecule has 0 atom stereocenters. The van der Waals surface area contributed by atoms with Gasteiger partial charge in [-0.2, -0.15) is 4.31 Å². The maximum absolute atomic E-state index is 13.0. The Morgan fingerprint density at radius 1 is 1.04 bits per heavy atom. The maximum atomic E-state index is 13.0. The summed E-state index contributed by atoms with van der Waals surface area (Å²) in [7, 11) is -3.84. The predicted molar refractivity (Wildman–Crippen MR) is 87.3 cm³/mol. The second kappa shape index (κ2) is 8.03. The lowest BCUT2D eigenvalue weighted by Gasteiger charge is -2.22. The molecule has 0 bridgehead atoms. The van der Waals surface area contributed by atoms with Crippen LogP contribution in [0.1, 0.15) is 18.4 Å². The average molecular weight is 351 g/mol. The molecule has 2 aromatic rings. The van der Waals surface area contributed by atoms with Crippen LogP contribution in [0.5, 0.6) is 0 Å². The number of rotatable bonds is 8. The van der Waals surface area contributed by atoms with Crippen LogP contribution < -0.4 is 0 Å². The number of sulfonamides is 1. The lowest BCUT2D eigenvalue weighted by molar-refractivity contribution is -0.137. The number of aliphatic carboxylic acids is 1. The molecular weight excluding hydrogens is 333 g/mol. The molecule has 0 heterocycles. The van der Waals surface area contributed by atoms with Crippen molar-refractivity contribution < 1.29 is 22.7 Å². The van der Waals surface area contributed by atoms with Crippen molar-refractivity contribution in [3.63, 3.8) is 0 Å². The highest BCUT2D eigenvalue weighted by molar-refractivity contribution is 7.89. The quantitative estimate of drug-likeness (QED) is 0.793. The molecule has 0 radical (unpaired) electrons. The molecular formula is C17H18FNO4S. The molecule has 0 amide bonds. The molecule has 2 rings (SSSR count). The highest BCUT2D eigenvalue weighted by Gasteiger charge is 2.24. The van der Waals surface area contributed by atoms with Gasteiger partial charge in [0.15, 0.2) is 0 Å². The van der Waals surface area contributed by atoms with Gasteiger partial charge in [0.1, 0.15) is 5.82 Å². The molecule has 24 heavy (non-hydrogen) atoms. The van der Waals surface area contributed by atoms with E-state index in [1.54, 1.807) is 24.3 Å². The summed E-state index contributed by atoms with van der Waals surface area (Å²) < 4.78 is 39.8. The van der Waals surface area contributed by atoms with Gasteiger partial charge in [0.25, 0.3) is 0 Å². The Balaban J connectivity index is 2.25. The van der Waals surface area contributed by atoms with Crippen LogP contribution in [-0.4, -0.2) is 30.3 Å². The average Bonchev–Trinajstić information content (AvgIpc) is 2.55. The number of benzene rings is 2. The van der Waals surface area contributed by atoms with Crippen LogP contribution >= 0.6 is 0 Å². The third kappa shape index (κ3) is 4.87. The van der Waals surface area contributed by atoms with E-state index in [1.165, 1.54) is 16.4 Å². The summed E-state index contributed by atoms with van der Waals surface area (Å²) in [4.78, 5) is 10.7. The van der Waals surface area contributed by atoms with Crippen LogP contribution in [0.2, 0.25) is 0 Å². The van der Waals surface area contributed by atoms with Crippen molar-refractivity contribution in [3.8, 4) is 0 Å². The summed E-state index contributed by atoms with van der Waals surface area (Å²) in [6.07, 6.45) is 0.0762. The molecule has 0 fully saturated rings. The smallest absolute Gasteiger partial charge is 0.303 e. The second-order valence-corrected chi connectivity index (χ2v) is 7.21. The Bertz CT molecular complexity index is 776. The molecule has 2 aromatic carbocycles. The van der Waals surface area contributed by atoms with E-state index < -0.39 is 21.8 Å². The van der Waals surface area contributed by atoms with Crippen LogP contribution in [0.25, 0.3) is 0 Å². The minimum atomic E-state index is -3.84. The van der Waals surface area contributed by atoms with Crippen molar-refractivity contribution in [3.05, 3.63) is 66.0 Å². The van der Waals surface area contributed by atoms with Gasteiger partial charge in [0, 0.05) is 19.5 Å². The summed E-state index contributed by atoms with van der Waals surface area (Å²) in [6, 6.07) is 13.6. The van der Waals surface area contributed by atoms with Gasteiger partial charge in [-0.25, -0.2) is 12.8 Å². The van der Waals surface area contributed by atoms with E-state index in [0.29, 0.717) is 0 Å². The first kappa shape index (κ1) is 18.1. The minimum absolute atomic E-state index is 0.0184. The van der Waals surface area contributed by atoms with Gasteiger partial charge < -0.3 is 5.11 Å². The number of hydrogen-bond donors (Lipinski definition) is 1. The Hall–Kier alpha value is -2.25. The summed E-state index contributed by atoms with van der Waals surface area (Å²) >= 11 is 0. The largest absolute Gasteiger partial charge is 0.481 e. The molecule has 0 aliphatic carbocycles. The Morgan fingerprint density at radius 2 is 1.67 bits per heavy atom. The number of nitrogens with zero attached hydrogens (tertiary/aromatic N) is 1. The first-order valence-corrected chi connectivity index (χ1v) is 8.85. The molecule has 0 spiro atoms. The highest BCUT2D eigenvalue weighted by atomic mass is 32.2. The summed E-state index contributed by atoms with van der Waals surface area (Å²) in [5.41, 5.74) is 0.790. The molecule has 7 heteroatoms. The van der Waals surface area contributed by atoms with Gasteiger partial charge in [-0.1, -0.05) is 30.3 Å². The SMILES string of the molecule is O=C(O)CCCN(Cc1ccccc1)S(=O)(=O)c1ccc(F)cc1. The number of halogens is 1. The number of carboxylic acids is 1. The Labute approximate surface area is 140 Å². The van der Waals surface area contributed by atoms with Gasteiger partial charge in [0.05, 0.1) is 4.90 Å². The molecule has 0 saturated carbocycles. The summed E-state index contributed by atoms with van der Waals surface area (Å²) in [6.45, 7) is 0.196. The fourth-order valence-corrected chi connectivity index (χ4v) is 3.70. The fourth-order valence-electron chi connectivity index (χ4n) is 2.23. The van der Waals surface area contributed by atoms with Crippen molar-refractivity contribution in [2.75, 3.05) is 6.54 Å². The summed E-state index contributed by atoms with van der Waals surface area (Å²) in [5, 5.41) is 8.76. The first-order valence-electron chi connectivity index (χ1n) is 7.41. The van der Waals surface area contributed by atoms with Gasteiger partial charge in [-0.15, -0.1) is 0 Å². The van der Waals surface area contributed by atoms with Crippen LogP contribution in [0.15, 0.2) is 59.5 Å². The minimum Gasteiger partial charge on any atom is -0.481 e. The number of carboxylic acid groups (broad SMARTS) is 1. The molecule has 0 aliphatic heterocycles. The zero-order valence-corrected chi connectivity index (χ0v) is 13.7. The number of hydrogen-bond acceptors (Lipinski definition) is 3. The van der Waals surface area contributed by atoms with E-state index in [4.69, 9.17) is 5.11 Å². The molecule has 5 nitrogen and oxygen atoms in total. The van der Waals surface area contributed by atoms with Crippen molar-refractivity contribution in [2.45, 2.75) is 24.3 Å². The van der Waals surface area contributed by atoms with Gasteiger partial charge in [-0.3, -0.25) is 4.79 Å². The van der Waals surface area contributed by atoms with E-state index in [2.05, 4.69) is 0 Å². The normalized spacial score (nSPS) is 11.6. The third-order valence-corrected chi connectivity index (χ3v) is 5.31. The van der Waals surface area contributed by atoms with Crippen LogP contribution in [0, 0.1) is 5.82 Å². The van der Waals surface area contributed by atoms with E-state index in [1.807, 2.05) is 6.07 Å². The fraction of sp³-hybridized carbons (Fsp3) is 0.235. The van der Waals surface area contributed by atoms with Gasteiger partial charge in [-0.05, 0) is 36.2 Å². The lowest BCUT2D eigenvalue weighted by Crippen LogP contribution is -2.32. The van der Waals surface area contributed by atoms with Crippen molar-refractivity contribution >= 4 is 16.0 Å². The zero-order valence-electron chi connectivity index (χ0n) is 12.9. The van der Waals surface area contributed by atoms with Gasteiger partial charge >= 0.3 is 5.97 Å². The highest BCUT2D eigenvalue weighted by Crippen LogP contribution is 2.19. The van der Waals surface area contributed by atoms with E-state index in [0.717, 1.165) is 17.7 Å². The third-order valence-electron chi connectivity index (χ3n) is 3.45. The first-order chi connectivity index (χ1) is 11.4. The molecule has 0 unspecified atom stereocenters. The van der Waals surface area contributed by atoms with E-state index in [9.17, 15) is 17.6 Å². The molecule has 1 N–H and O–H groups in total. The topological polar surface area (TPSA) is 74.7 Å².